The summed E-state index contributed by atoms with van der Waals surface area (Å²) in [5.41, 5.74) is 5.84. The molecule has 2 aromatic carbocycles. The first-order valence-electron chi connectivity index (χ1n) is 9.41. The number of benzene rings is 2. The molecule has 1 heterocycles. The van der Waals surface area contributed by atoms with Crippen LogP contribution in [0.25, 0.3) is 11.1 Å². The minimum atomic E-state index is -0.835. The maximum Gasteiger partial charge on any atom is 0.407 e. The molecule has 3 rings (SSSR count). The van der Waals surface area contributed by atoms with E-state index in [2.05, 4.69) is 31.2 Å². The molecule has 1 amide bonds. The van der Waals surface area contributed by atoms with Gasteiger partial charge in [-0.15, -0.1) is 0 Å². The third-order valence-corrected chi connectivity index (χ3v) is 5.42. The highest BCUT2D eigenvalue weighted by Gasteiger charge is 2.29. The predicted molar refractivity (Wildman–Crippen MR) is 103 cm³/mol. The number of amides is 1. The summed E-state index contributed by atoms with van der Waals surface area (Å²) in [6, 6.07) is 14.4. The van der Waals surface area contributed by atoms with Gasteiger partial charge in [0.05, 0.1) is 6.04 Å². The molecule has 1 aliphatic rings. The van der Waals surface area contributed by atoms with E-state index in [0.29, 0.717) is 13.0 Å². The van der Waals surface area contributed by atoms with Crippen LogP contribution in [0.5, 0.6) is 0 Å². The van der Waals surface area contributed by atoms with E-state index in [0.717, 1.165) is 42.4 Å². The van der Waals surface area contributed by atoms with Gasteiger partial charge in [-0.25, -0.2) is 4.79 Å². The van der Waals surface area contributed by atoms with Gasteiger partial charge in [0.15, 0.2) is 0 Å². The van der Waals surface area contributed by atoms with Gasteiger partial charge in [-0.05, 0) is 66.8 Å². The van der Waals surface area contributed by atoms with E-state index in [4.69, 9.17) is 0 Å². The van der Waals surface area contributed by atoms with Crippen LogP contribution in [-0.2, 0) is 6.42 Å². The average molecular weight is 353 g/mol. The lowest BCUT2D eigenvalue weighted by molar-refractivity contribution is 0.106. The zero-order chi connectivity index (χ0) is 18.5. The summed E-state index contributed by atoms with van der Waals surface area (Å²) in [5, 5.41) is 18.9. The Balaban J connectivity index is 2.06. The van der Waals surface area contributed by atoms with E-state index in [9.17, 15) is 15.0 Å². The number of hydrogen-bond acceptors (Lipinski definition) is 2. The number of piperidine rings is 1. The van der Waals surface area contributed by atoms with Crippen LogP contribution in [0.2, 0.25) is 0 Å². The third-order valence-electron chi connectivity index (χ3n) is 5.42. The molecular formula is C22H27NO3. The van der Waals surface area contributed by atoms with Crippen molar-refractivity contribution in [2.75, 3.05) is 13.2 Å². The average Bonchev–Trinajstić information content (AvgIpc) is 2.67. The van der Waals surface area contributed by atoms with Crippen molar-refractivity contribution in [3.05, 3.63) is 59.2 Å². The minimum Gasteiger partial charge on any atom is -0.465 e. The monoisotopic (exact) mass is 353 g/mol. The molecular weight excluding hydrogens is 326 g/mol. The second kappa shape index (κ2) is 8.37. The first-order valence-corrected chi connectivity index (χ1v) is 9.41. The highest BCUT2D eigenvalue weighted by Crippen LogP contribution is 2.37. The lowest BCUT2D eigenvalue weighted by Gasteiger charge is -2.35. The van der Waals surface area contributed by atoms with Crippen LogP contribution in [0.3, 0.4) is 0 Å². The summed E-state index contributed by atoms with van der Waals surface area (Å²) < 4.78 is 0. The van der Waals surface area contributed by atoms with E-state index < -0.39 is 6.09 Å². The maximum atomic E-state index is 11.7. The molecule has 1 unspecified atom stereocenters. The molecule has 0 bridgehead atoms. The number of rotatable bonds is 5. The molecule has 0 spiro atoms. The topological polar surface area (TPSA) is 60.8 Å². The van der Waals surface area contributed by atoms with E-state index in [-0.39, 0.29) is 12.6 Å². The highest BCUT2D eigenvalue weighted by molar-refractivity contribution is 5.71. The Hall–Kier alpha value is -2.33. The number of nitrogens with zero attached hydrogens (tertiary/aromatic N) is 1. The second-order valence-electron chi connectivity index (χ2n) is 6.99. The van der Waals surface area contributed by atoms with Crippen LogP contribution in [0.1, 0.15) is 48.4 Å². The Kier molecular flexibility index (Phi) is 5.94. The van der Waals surface area contributed by atoms with E-state index >= 15 is 0 Å². The van der Waals surface area contributed by atoms with Gasteiger partial charge >= 0.3 is 6.09 Å². The lowest BCUT2D eigenvalue weighted by Crippen LogP contribution is -2.37. The molecule has 0 radical (unpaired) electrons. The van der Waals surface area contributed by atoms with Gasteiger partial charge in [-0.2, -0.15) is 0 Å². The van der Waals surface area contributed by atoms with Crippen molar-refractivity contribution in [2.45, 2.75) is 45.1 Å². The molecule has 0 aromatic heterocycles. The van der Waals surface area contributed by atoms with Gasteiger partial charge in [-0.1, -0.05) is 42.5 Å². The molecule has 0 saturated carbocycles. The quantitative estimate of drug-likeness (QED) is 0.812. The normalized spacial score (nSPS) is 17.3. The minimum absolute atomic E-state index is 0.0704. The van der Waals surface area contributed by atoms with Crippen LogP contribution in [0.4, 0.5) is 4.79 Å². The molecule has 1 saturated heterocycles. The molecule has 4 nitrogen and oxygen atoms in total. The predicted octanol–water partition coefficient (Wildman–Crippen LogP) is 4.79. The Morgan fingerprint density at radius 1 is 1.15 bits per heavy atom. The molecule has 26 heavy (non-hydrogen) atoms. The van der Waals surface area contributed by atoms with Gasteiger partial charge in [0.1, 0.15) is 0 Å². The fourth-order valence-electron chi connectivity index (χ4n) is 4.09. The number of aliphatic hydroxyl groups is 1. The SMILES string of the molecule is Cc1c(C2CCCCN2C(=O)O)ccc(-c2ccccc2)c1CCCO. The summed E-state index contributed by atoms with van der Waals surface area (Å²) in [5.74, 6) is 0. The molecule has 0 aliphatic carbocycles. The summed E-state index contributed by atoms with van der Waals surface area (Å²) >= 11 is 0. The third kappa shape index (κ3) is 3.75. The Labute approximate surface area is 155 Å². The zero-order valence-corrected chi connectivity index (χ0v) is 15.3. The number of hydrogen-bond donors (Lipinski definition) is 2. The summed E-state index contributed by atoms with van der Waals surface area (Å²) in [6.07, 6.45) is 3.52. The molecule has 1 atom stereocenters. The smallest absolute Gasteiger partial charge is 0.407 e. The standard InChI is InChI=1S/C22H27NO3/c1-16-18(10-7-15-24)20(17-8-3-2-4-9-17)13-12-19(16)21-11-5-6-14-23(21)22(25)26/h2-4,8-9,12-13,21,24H,5-7,10-11,14-15H2,1H3,(H,25,26). The Morgan fingerprint density at radius 3 is 2.62 bits per heavy atom. The van der Waals surface area contributed by atoms with Crippen molar-refractivity contribution in [1.82, 2.24) is 4.90 Å². The molecule has 138 valence electrons. The van der Waals surface area contributed by atoms with E-state index in [1.54, 1.807) is 4.90 Å². The number of aliphatic hydroxyl groups excluding tert-OH is 1. The van der Waals surface area contributed by atoms with Crippen molar-refractivity contribution in [3.8, 4) is 11.1 Å². The van der Waals surface area contributed by atoms with Crippen LogP contribution in [-0.4, -0.2) is 34.4 Å². The summed E-state index contributed by atoms with van der Waals surface area (Å²) in [7, 11) is 0. The molecule has 4 heteroatoms. The molecule has 1 aliphatic heterocycles. The second-order valence-corrected chi connectivity index (χ2v) is 6.99. The van der Waals surface area contributed by atoms with Crippen LogP contribution >= 0.6 is 0 Å². The Morgan fingerprint density at radius 2 is 1.92 bits per heavy atom. The van der Waals surface area contributed by atoms with Crippen LogP contribution < -0.4 is 0 Å². The first-order chi connectivity index (χ1) is 12.6. The zero-order valence-electron chi connectivity index (χ0n) is 15.3. The molecule has 2 aromatic rings. The molecule has 1 fully saturated rings. The fraction of sp³-hybridized carbons (Fsp3) is 0.409. The van der Waals surface area contributed by atoms with Gasteiger partial charge in [-0.3, -0.25) is 0 Å². The van der Waals surface area contributed by atoms with Crippen LogP contribution in [0, 0.1) is 6.92 Å². The van der Waals surface area contributed by atoms with Crippen molar-refractivity contribution in [1.29, 1.82) is 0 Å². The summed E-state index contributed by atoms with van der Waals surface area (Å²) in [6.45, 7) is 2.86. The summed E-state index contributed by atoms with van der Waals surface area (Å²) in [4.78, 5) is 13.3. The van der Waals surface area contributed by atoms with Gasteiger partial charge in [0, 0.05) is 13.2 Å². The van der Waals surface area contributed by atoms with Crippen molar-refractivity contribution >= 4 is 6.09 Å². The maximum absolute atomic E-state index is 11.7. The van der Waals surface area contributed by atoms with Crippen molar-refractivity contribution in [2.24, 2.45) is 0 Å². The van der Waals surface area contributed by atoms with E-state index in [1.807, 2.05) is 18.2 Å². The number of carboxylic acid groups (broad SMARTS) is 1. The largest absolute Gasteiger partial charge is 0.465 e. The lowest BCUT2D eigenvalue weighted by atomic mass is 9.85. The molecule has 2 N–H and O–H groups in total. The van der Waals surface area contributed by atoms with Gasteiger partial charge in [0.25, 0.3) is 0 Å². The Bertz CT molecular complexity index is 757. The van der Waals surface area contributed by atoms with E-state index in [1.165, 1.54) is 11.1 Å². The number of likely N-dealkylation sites (tertiary alicyclic amines) is 1. The highest BCUT2D eigenvalue weighted by atomic mass is 16.4. The van der Waals surface area contributed by atoms with Crippen molar-refractivity contribution in [3.63, 3.8) is 0 Å². The first kappa shape index (κ1) is 18.5. The fourth-order valence-corrected chi connectivity index (χ4v) is 4.09. The van der Waals surface area contributed by atoms with Crippen molar-refractivity contribution < 1.29 is 15.0 Å². The van der Waals surface area contributed by atoms with Gasteiger partial charge < -0.3 is 15.1 Å². The van der Waals surface area contributed by atoms with Crippen LogP contribution in [0.15, 0.2) is 42.5 Å². The number of carbonyl (C=O) groups is 1. The van der Waals surface area contributed by atoms with Gasteiger partial charge in [0.2, 0.25) is 0 Å².